The van der Waals surface area contributed by atoms with Crippen LogP contribution in [0, 0.1) is 0 Å². The average molecular weight is 269 g/mol. The van der Waals surface area contributed by atoms with Crippen LogP contribution in [0.4, 0.5) is 5.69 Å². The molecule has 0 spiro atoms. The number of sulfonamides is 1. The summed E-state index contributed by atoms with van der Waals surface area (Å²) in [6.45, 7) is 1.78. The van der Waals surface area contributed by atoms with Crippen LogP contribution in [0.3, 0.4) is 0 Å². The molecule has 1 aromatic carbocycles. The van der Waals surface area contributed by atoms with E-state index in [0.717, 1.165) is 25.9 Å². The number of hydrogen-bond acceptors (Lipinski definition) is 4. The van der Waals surface area contributed by atoms with E-state index in [1.807, 2.05) is 7.05 Å². The molecule has 1 unspecified atom stereocenters. The van der Waals surface area contributed by atoms with Crippen LogP contribution in [0.1, 0.15) is 12.8 Å². The molecule has 1 atom stereocenters. The lowest BCUT2D eigenvalue weighted by molar-refractivity contribution is 0.242. The third-order valence-electron chi connectivity index (χ3n) is 3.11. The van der Waals surface area contributed by atoms with Gasteiger partial charge in [0.25, 0.3) is 0 Å². The van der Waals surface area contributed by atoms with Crippen molar-refractivity contribution in [1.82, 2.24) is 9.62 Å². The monoisotopic (exact) mass is 269 g/mol. The Morgan fingerprint density at radius 3 is 2.89 bits per heavy atom. The van der Waals surface area contributed by atoms with Crippen LogP contribution in [-0.2, 0) is 10.0 Å². The van der Waals surface area contributed by atoms with Crippen molar-refractivity contribution in [2.24, 2.45) is 0 Å². The van der Waals surface area contributed by atoms with E-state index in [-0.39, 0.29) is 10.9 Å². The van der Waals surface area contributed by atoms with Gasteiger partial charge in [0, 0.05) is 18.3 Å². The summed E-state index contributed by atoms with van der Waals surface area (Å²) in [6, 6.07) is 6.35. The summed E-state index contributed by atoms with van der Waals surface area (Å²) in [4.78, 5) is 2.37. The van der Waals surface area contributed by atoms with Crippen LogP contribution in [0.25, 0.3) is 0 Å². The topological polar surface area (TPSA) is 75.4 Å². The lowest BCUT2D eigenvalue weighted by Gasteiger charge is -2.29. The standard InChI is InChI=1S/C12H19N3O2S/c1-15-7-3-5-11(9-15)14-18(16,17)12-6-2-4-10(13)8-12/h2,4,6,8,11,14H,3,5,7,9,13H2,1H3. The number of nitrogens with one attached hydrogen (secondary N) is 1. The van der Waals surface area contributed by atoms with E-state index in [1.165, 1.54) is 6.07 Å². The van der Waals surface area contributed by atoms with Crippen LogP contribution < -0.4 is 10.5 Å². The molecule has 2 rings (SSSR count). The molecule has 3 N–H and O–H groups in total. The van der Waals surface area contributed by atoms with Crippen molar-refractivity contribution in [3.05, 3.63) is 24.3 Å². The molecule has 0 bridgehead atoms. The van der Waals surface area contributed by atoms with Crippen LogP contribution in [0.5, 0.6) is 0 Å². The van der Waals surface area contributed by atoms with Gasteiger partial charge in [-0.1, -0.05) is 6.07 Å². The van der Waals surface area contributed by atoms with Crippen LogP contribution >= 0.6 is 0 Å². The molecule has 1 heterocycles. The van der Waals surface area contributed by atoms with Crippen molar-refractivity contribution in [3.8, 4) is 0 Å². The number of nitrogen functional groups attached to an aromatic ring is 1. The summed E-state index contributed by atoms with van der Waals surface area (Å²) in [5.74, 6) is 0. The molecule has 0 amide bonds. The summed E-state index contributed by atoms with van der Waals surface area (Å²) in [5, 5.41) is 0. The van der Waals surface area contributed by atoms with Gasteiger partial charge in [0.2, 0.25) is 10.0 Å². The molecule has 0 aromatic heterocycles. The maximum Gasteiger partial charge on any atom is 0.240 e. The Bertz CT molecular complexity index is 516. The van der Waals surface area contributed by atoms with Gasteiger partial charge in [0.1, 0.15) is 0 Å². The van der Waals surface area contributed by atoms with Gasteiger partial charge in [-0.15, -0.1) is 0 Å². The van der Waals surface area contributed by atoms with Gasteiger partial charge in [-0.05, 0) is 44.6 Å². The molecular formula is C12H19N3O2S. The Hall–Kier alpha value is -1.11. The lowest BCUT2D eigenvalue weighted by Crippen LogP contribution is -2.46. The molecule has 1 aromatic rings. The fourth-order valence-corrected chi connectivity index (χ4v) is 3.55. The second kappa shape index (κ2) is 5.26. The Labute approximate surface area is 108 Å². The Kier molecular flexibility index (Phi) is 3.89. The highest BCUT2D eigenvalue weighted by Gasteiger charge is 2.23. The first kappa shape index (κ1) is 13.3. The van der Waals surface area contributed by atoms with Gasteiger partial charge in [-0.2, -0.15) is 0 Å². The van der Waals surface area contributed by atoms with Gasteiger partial charge in [0.15, 0.2) is 0 Å². The van der Waals surface area contributed by atoms with E-state index >= 15 is 0 Å². The molecule has 0 aliphatic carbocycles. The first-order chi connectivity index (χ1) is 8.47. The van der Waals surface area contributed by atoms with Crippen LogP contribution in [0.15, 0.2) is 29.2 Å². The third kappa shape index (κ3) is 3.22. The third-order valence-corrected chi connectivity index (χ3v) is 4.63. The number of rotatable bonds is 3. The van der Waals surface area contributed by atoms with Crippen molar-refractivity contribution >= 4 is 15.7 Å². The zero-order valence-electron chi connectivity index (χ0n) is 10.5. The summed E-state index contributed by atoms with van der Waals surface area (Å²) in [5.41, 5.74) is 6.07. The molecule has 0 saturated carbocycles. The summed E-state index contributed by atoms with van der Waals surface area (Å²) in [7, 11) is -1.46. The molecule has 18 heavy (non-hydrogen) atoms. The van der Waals surface area contributed by atoms with Gasteiger partial charge in [-0.25, -0.2) is 13.1 Å². The minimum atomic E-state index is -3.46. The van der Waals surface area contributed by atoms with E-state index in [9.17, 15) is 8.42 Å². The highest BCUT2D eigenvalue weighted by molar-refractivity contribution is 7.89. The quantitative estimate of drug-likeness (QED) is 0.790. The number of nitrogens with two attached hydrogens (primary N) is 1. The largest absolute Gasteiger partial charge is 0.399 e. The van der Waals surface area contributed by atoms with Crippen LogP contribution in [0.2, 0.25) is 0 Å². The summed E-state index contributed by atoms with van der Waals surface area (Å²) in [6.07, 6.45) is 1.90. The highest BCUT2D eigenvalue weighted by atomic mass is 32.2. The SMILES string of the molecule is CN1CCCC(NS(=O)(=O)c2cccc(N)c2)C1. The van der Waals surface area contributed by atoms with Crippen molar-refractivity contribution in [3.63, 3.8) is 0 Å². The van der Waals surface area contributed by atoms with Crippen molar-refractivity contribution in [1.29, 1.82) is 0 Å². The predicted molar refractivity (Wildman–Crippen MR) is 71.7 cm³/mol. The average Bonchev–Trinajstić information content (AvgIpc) is 2.28. The van der Waals surface area contributed by atoms with E-state index in [4.69, 9.17) is 5.73 Å². The van der Waals surface area contributed by atoms with Gasteiger partial charge in [0.05, 0.1) is 4.90 Å². The summed E-state index contributed by atoms with van der Waals surface area (Å²) >= 11 is 0. The van der Waals surface area contributed by atoms with Gasteiger partial charge < -0.3 is 10.6 Å². The number of hydrogen-bond donors (Lipinski definition) is 2. The number of piperidine rings is 1. The minimum absolute atomic E-state index is 0.0184. The molecule has 5 nitrogen and oxygen atoms in total. The minimum Gasteiger partial charge on any atom is -0.399 e. The number of likely N-dealkylation sites (N-methyl/N-ethyl adjacent to an activating group) is 1. The number of benzene rings is 1. The van der Waals surface area contributed by atoms with Gasteiger partial charge in [-0.3, -0.25) is 0 Å². The molecule has 1 fully saturated rings. The second-order valence-corrected chi connectivity index (χ2v) is 6.51. The number of nitrogens with zero attached hydrogens (tertiary/aromatic N) is 1. The fraction of sp³-hybridized carbons (Fsp3) is 0.500. The van der Waals surface area contributed by atoms with Gasteiger partial charge >= 0.3 is 0 Å². The van der Waals surface area contributed by atoms with E-state index < -0.39 is 10.0 Å². The lowest BCUT2D eigenvalue weighted by atomic mass is 10.1. The number of anilines is 1. The maximum atomic E-state index is 12.2. The maximum absolute atomic E-state index is 12.2. The zero-order valence-corrected chi connectivity index (χ0v) is 11.3. The predicted octanol–water partition coefficient (Wildman–Crippen LogP) is 0.641. The number of likely N-dealkylation sites (tertiary alicyclic amines) is 1. The molecule has 100 valence electrons. The van der Waals surface area contributed by atoms with E-state index in [0.29, 0.717) is 5.69 Å². The normalized spacial score (nSPS) is 21.9. The Morgan fingerprint density at radius 2 is 2.22 bits per heavy atom. The first-order valence-corrected chi connectivity index (χ1v) is 7.52. The Balaban J connectivity index is 2.12. The van der Waals surface area contributed by atoms with Crippen LogP contribution in [-0.4, -0.2) is 39.5 Å². The first-order valence-electron chi connectivity index (χ1n) is 6.04. The molecular weight excluding hydrogens is 250 g/mol. The molecule has 1 saturated heterocycles. The van der Waals surface area contributed by atoms with Crippen molar-refractivity contribution in [2.45, 2.75) is 23.8 Å². The fourth-order valence-electron chi connectivity index (χ4n) is 2.23. The molecule has 1 aliphatic rings. The van der Waals surface area contributed by atoms with Crippen molar-refractivity contribution in [2.75, 3.05) is 25.9 Å². The van der Waals surface area contributed by atoms with E-state index in [2.05, 4.69) is 9.62 Å². The highest BCUT2D eigenvalue weighted by Crippen LogP contribution is 2.15. The second-order valence-electron chi connectivity index (χ2n) is 4.80. The molecule has 0 radical (unpaired) electrons. The Morgan fingerprint density at radius 1 is 1.44 bits per heavy atom. The molecule has 1 aliphatic heterocycles. The summed E-state index contributed by atoms with van der Waals surface area (Å²) < 4.78 is 27.1. The van der Waals surface area contributed by atoms with E-state index in [1.54, 1.807) is 18.2 Å². The van der Waals surface area contributed by atoms with Crippen molar-refractivity contribution < 1.29 is 8.42 Å². The smallest absolute Gasteiger partial charge is 0.240 e. The zero-order chi connectivity index (χ0) is 13.2. The molecule has 6 heteroatoms.